The number of hydroxylamine groups is 1. The summed E-state index contributed by atoms with van der Waals surface area (Å²) in [5, 5.41) is 12.0. The summed E-state index contributed by atoms with van der Waals surface area (Å²) in [4.78, 5) is 0. The van der Waals surface area contributed by atoms with Crippen LogP contribution in [0.15, 0.2) is 48.5 Å². The lowest BCUT2D eigenvalue weighted by atomic mass is 10.1. The Morgan fingerprint density at radius 1 is 1.05 bits per heavy atom. The first-order valence-electron chi connectivity index (χ1n) is 6.42. The second-order valence-corrected chi connectivity index (χ2v) is 4.53. The number of benzene rings is 2. The molecule has 1 unspecified atom stereocenters. The molecule has 2 aromatic carbocycles. The van der Waals surface area contributed by atoms with Crippen LogP contribution in [0, 0.1) is 5.82 Å². The zero-order valence-corrected chi connectivity index (χ0v) is 11.0. The van der Waals surface area contributed by atoms with Crippen LogP contribution in [0.2, 0.25) is 0 Å². The van der Waals surface area contributed by atoms with E-state index in [1.165, 1.54) is 12.1 Å². The van der Waals surface area contributed by atoms with Crippen molar-refractivity contribution in [2.75, 3.05) is 11.9 Å². The largest absolute Gasteiger partial charge is 0.385 e. The summed E-state index contributed by atoms with van der Waals surface area (Å²) in [6.45, 7) is 0.759. The molecule has 0 aliphatic carbocycles. The van der Waals surface area contributed by atoms with Gasteiger partial charge < -0.3 is 16.3 Å². The molecule has 2 aromatic rings. The molecule has 0 aliphatic rings. The molecule has 0 aliphatic heterocycles. The molecule has 106 valence electrons. The van der Waals surface area contributed by atoms with Crippen LogP contribution in [-0.2, 0) is 6.42 Å². The van der Waals surface area contributed by atoms with Gasteiger partial charge >= 0.3 is 0 Å². The molecule has 0 saturated carbocycles. The Labute approximate surface area is 117 Å². The first-order chi connectivity index (χ1) is 9.69. The minimum Gasteiger partial charge on any atom is -0.385 e. The van der Waals surface area contributed by atoms with E-state index in [0.717, 1.165) is 29.8 Å². The molecule has 5 N–H and O–H groups in total. The summed E-state index contributed by atoms with van der Waals surface area (Å²) >= 11 is 0. The van der Waals surface area contributed by atoms with Crippen molar-refractivity contribution in [2.24, 2.45) is 5.73 Å². The first-order valence-corrected chi connectivity index (χ1v) is 6.42. The fourth-order valence-corrected chi connectivity index (χ4v) is 1.89. The zero-order chi connectivity index (χ0) is 14.4. The quantitative estimate of drug-likeness (QED) is 0.483. The van der Waals surface area contributed by atoms with Gasteiger partial charge in [-0.05, 0) is 41.8 Å². The van der Waals surface area contributed by atoms with Crippen LogP contribution in [0.1, 0.15) is 17.3 Å². The van der Waals surface area contributed by atoms with Crippen molar-refractivity contribution in [3.05, 3.63) is 65.5 Å². The van der Waals surface area contributed by atoms with Crippen molar-refractivity contribution in [2.45, 2.75) is 12.6 Å². The third-order valence-corrected chi connectivity index (χ3v) is 3.06. The van der Waals surface area contributed by atoms with Gasteiger partial charge in [0.2, 0.25) is 0 Å². The smallest absolute Gasteiger partial charge is 0.123 e. The van der Waals surface area contributed by atoms with Crippen LogP contribution in [0.5, 0.6) is 0 Å². The van der Waals surface area contributed by atoms with Gasteiger partial charge in [-0.25, -0.2) is 4.39 Å². The number of nitrogens with one attached hydrogen (secondary N) is 2. The van der Waals surface area contributed by atoms with Crippen molar-refractivity contribution < 1.29 is 9.60 Å². The van der Waals surface area contributed by atoms with E-state index in [4.69, 9.17) is 10.9 Å². The summed E-state index contributed by atoms with van der Waals surface area (Å²) in [7, 11) is 0. The second-order valence-electron chi connectivity index (χ2n) is 4.53. The Morgan fingerprint density at radius 2 is 1.70 bits per heavy atom. The third-order valence-electron chi connectivity index (χ3n) is 3.06. The molecule has 0 fully saturated rings. The Hall–Kier alpha value is -1.95. The molecule has 0 heterocycles. The van der Waals surface area contributed by atoms with E-state index >= 15 is 0 Å². The molecule has 0 spiro atoms. The van der Waals surface area contributed by atoms with E-state index in [2.05, 4.69) is 5.32 Å². The first kappa shape index (κ1) is 14.5. The third kappa shape index (κ3) is 4.03. The van der Waals surface area contributed by atoms with Gasteiger partial charge in [-0.15, -0.1) is 0 Å². The highest BCUT2D eigenvalue weighted by molar-refractivity contribution is 5.43. The summed E-state index contributed by atoms with van der Waals surface area (Å²) in [5.74, 6) is -0.236. The maximum atomic E-state index is 12.7. The fraction of sp³-hybridized carbons (Fsp3) is 0.200. The molecule has 0 aromatic heterocycles. The van der Waals surface area contributed by atoms with Gasteiger partial charge in [-0.1, -0.05) is 24.3 Å². The van der Waals surface area contributed by atoms with E-state index in [0.29, 0.717) is 0 Å². The van der Waals surface area contributed by atoms with E-state index in [1.54, 1.807) is 12.1 Å². The molecule has 0 saturated heterocycles. The minimum absolute atomic E-state index is 0.236. The van der Waals surface area contributed by atoms with E-state index in [1.807, 2.05) is 29.7 Å². The standard InChI is InChI=1S/C15H18FN3O/c16-13-5-7-14(8-6-13)18-10-9-11-1-3-12(4-2-11)15(17)19-20/h1-8,15,18-20H,9-10,17H2. The fourth-order valence-electron chi connectivity index (χ4n) is 1.89. The molecule has 1 atom stereocenters. The van der Waals surface area contributed by atoms with Gasteiger partial charge in [0.25, 0.3) is 0 Å². The molecule has 0 radical (unpaired) electrons. The second kappa shape index (κ2) is 7.00. The van der Waals surface area contributed by atoms with Crippen LogP contribution < -0.4 is 16.5 Å². The van der Waals surface area contributed by atoms with Gasteiger partial charge in [-0.3, -0.25) is 0 Å². The predicted octanol–water partition coefficient (Wildman–Crippen LogP) is 2.42. The van der Waals surface area contributed by atoms with Gasteiger partial charge in [-0.2, -0.15) is 5.48 Å². The summed E-state index contributed by atoms with van der Waals surface area (Å²) in [6.07, 6.45) is 0.279. The van der Waals surface area contributed by atoms with Gasteiger partial charge in [0.15, 0.2) is 0 Å². The molecule has 2 rings (SSSR count). The van der Waals surface area contributed by atoms with Crippen LogP contribution in [0.25, 0.3) is 0 Å². The molecule has 0 amide bonds. The molecule has 0 bridgehead atoms. The number of nitrogens with two attached hydrogens (primary N) is 1. The summed E-state index contributed by atoms with van der Waals surface area (Å²) < 4.78 is 12.7. The van der Waals surface area contributed by atoms with Crippen LogP contribution in [0.3, 0.4) is 0 Å². The average molecular weight is 275 g/mol. The Balaban J connectivity index is 1.83. The van der Waals surface area contributed by atoms with Gasteiger partial charge in [0.1, 0.15) is 12.0 Å². The highest BCUT2D eigenvalue weighted by Crippen LogP contribution is 2.11. The predicted molar refractivity (Wildman–Crippen MR) is 76.9 cm³/mol. The normalized spacial score (nSPS) is 12.2. The van der Waals surface area contributed by atoms with Crippen molar-refractivity contribution in [3.8, 4) is 0 Å². The van der Waals surface area contributed by atoms with Gasteiger partial charge in [0, 0.05) is 12.2 Å². The summed E-state index contributed by atoms with van der Waals surface area (Å²) in [5.41, 5.74) is 10.5. The number of rotatable bonds is 6. The van der Waals surface area contributed by atoms with Gasteiger partial charge in [0.05, 0.1) is 0 Å². The van der Waals surface area contributed by atoms with Crippen LogP contribution in [0.4, 0.5) is 10.1 Å². The maximum Gasteiger partial charge on any atom is 0.123 e. The molecule has 20 heavy (non-hydrogen) atoms. The lowest BCUT2D eigenvalue weighted by molar-refractivity contribution is 0.128. The van der Waals surface area contributed by atoms with E-state index < -0.39 is 6.17 Å². The van der Waals surface area contributed by atoms with Crippen molar-refractivity contribution >= 4 is 5.69 Å². The van der Waals surface area contributed by atoms with Crippen LogP contribution >= 0.6 is 0 Å². The van der Waals surface area contributed by atoms with E-state index in [-0.39, 0.29) is 5.82 Å². The van der Waals surface area contributed by atoms with Crippen molar-refractivity contribution in [3.63, 3.8) is 0 Å². The lowest BCUT2D eigenvalue weighted by Gasteiger charge is -2.10. The number of hydrogen-bond acceptors (Lipinski definition) is 4. The molecular weight excluding hydrogens is 257 g/mol. The number of anilines is 1. The van der Waals surface area contributed by atoms with Crippen molar-refractivity contribution in [1.82, 2.24) is 5.48 Å². The Morgan fingerprint density at radius 3 is 2.30 bits per heavy atom. The molecular formula is C15H18FN3O. The highest BCUT2D eigenvalue weighted by atomic mass is 19.1. The minimum atomic E-state index is -0.568. The van der Waals surface area contributed by atoms with Crippen molar-refractivity contribution in [1.29, 1.82) is 0 Å². The lowest BCUT2D eigenvalue weighted by Crippen LogP contribution is -2.25. The number of hydrogen-bond donors (Lipinski definition) is 4. The number of halogens is 1. The topological polar surface area (TPSA) is 70.3 Å². The Bertz CT molecular complexity index is 528. The Kier molecular flexibility index (Phi) is 5.06. The molecule has 4 nitrogen and oxygen atoms in total. The van der Waals surface area contributed by atoms with Crippen LogP contribution in [-0.4, -0.2) is 11.8 Å². The average Bonchev–Trinajstić information content (AvgIpc) is 2.49. The monoisotopic (exact) mass is 275 g/mol. The molecule has 5 heteroatoms. The maximum absolute atomic E-state index is 12.7. The zero-order valence-electron chi connectivity index (χ0n) is 11.0. The summed E-state index contributed by atoms with van der Waals surface area (Å²) in [6, 6.07) is 14.0. The SMILES string of the molecule is NC(NO)c1ccc(CCNc2ccc(F)cc2)cc1. The highest BCUT2D eigenvalue weighted by Gasteiger charge is 2.03. The van der Waals surface area contributed by atoms with E-state index in [9.17, 15) is 4.39 Å².